The van der Waals surface area contributed by atoms with Crippen LogP contribution >= 0.6 is 0 Å². The Hall–Kier alpha value is -1.91. The standard InChI is InChI=1S/C9H10N2O3/c1-5(12)3-4-7-6(2)10-9(14)11-8(7)13/h3-4H,1-2H3,(H2,10,11,13,14)/b4-3+. The molecule has 5 heteroatoms. The van der Waals surface area contributed by atoms with E-state index in [4.69, 9.17) is 0 Å². The zero-order chi connectivity index (χ0) is 10.7. The van der Waals surface area contributed by atoms with E-state index in [1.165, 1.54) is 19.1 Å². The second-order valence-corrected chi connectivity index (χ2v) is 2.89. The van der Waals surface area contributed by atoms with Crippen LogP contribution in [0.25, 0.3) is 6.08 Å². The lowest BCUT2D eigenvalue weighted by Crippen LogP contribution is -2.25. The third kappa shape index (κ3) is 2.29. The van der Waals surface area contributed by atoms with E-state index in [0.29, 0.717) is 11.3 Å². The van der Waals surface area contributed by atoms with Gasteiger partial charge in [0.1, 0.15) is 0 Å². The number of nitrogens with one attached hydrogen (secondary N) is 2. The van der Waals surface area contributed by atoms with Gasteiger partial charge in [0.05, 0.1) is 5.56 Å². The maximum atomic E-state index is 11.2. The van der Waals surface area contributed by atoms with Crippen molar-refractivity contribution < 1.29 is 4.79 Å². The Kier molecular flexibility index (Phi) is 2.81. The van der Waals surface area contributed by atoms with Crippen molar-refractivity contribution in [2.75, 3.05) is 0 Å². The Bertz CT molecular complexity index is 494. The molecule has 0 unspecified atom stereocenters. The minimum absolute atomic E-state index is 0.157. The van der Waals surface area contributed by atoms with Gasteiger partial charge in [-0.3, -0.25) is 14.6 Å². The average molecular weight is 194 g/mol. The molecule has 1 heterocycles. The van der Waals surface area contributed by atoms with Gasteiger partial charge in [0, 0.05) is 5.69 Å². The molecule has 0 aliphatic rings. The lowest BCUT2D eigenvalue weighted by molar-refractivity contribution is -0.112. The maximum absolute atomic E-state index is 11.2. The Morgan fingerprint density at radius 1 is 1.29 bits per heavy atom. The van der Waals surface area contributed by atoms with Gasteiger partial charge in [0.25, 0.3) is 5.56 Å². The molecule has 0 aliphatic carbocycles. The van der Waals surface area contributed by atoms with Crippen molar-refractivity contribution >= 4 is 11.9 Å². The molecule has 0 atom stereocenters. The van der Waals surface area contributed by atoms with Crippen LogP contribution in [-0.2, 0) is 4.79 Å². The molecule has 0 saturated carbocycles. The summed E-state index contributed by atoms with van der Waals surface area (Å²) in [6, 6.07) is 0. The third-order valence-electron chi connectivity index (χ3n) is 1.66. The summed E-state index contributed by atoms with van der Waals surface area (Å²) in [5, 5.41) is 0. The quantitative estimate of drug-likeness (QED) is 0.649. The molecule has 14 heavy (non-hydrogen) atoms. The number of carbonyl (C=O) groups excluding carboxylic acids is 1. The smallest absolute Gasteiger partial charge is 0.311 e. The van der Waals surface area contributed by atoms with E-state index >= 15 is 0 Å². The monoisotopic (exact) mass is 194 g/mol. The third-order valence-corrected chi connectivity index (χ3v) is 1.66. The summed E-state index contributed by atoms with van der Waals surface area (Å²) in [5.41, 5.74) is -0.313. The van der Waals surface area contributed by atoms with Crippen LogP contribution in [0.3, 0.4) is 0 Å². The van der Waals surface area contributed by atoms with Gasteiger partial charge in [-0.2, -0.15) is 0 Å². The van der Waals surface area contributed by atoms with Gasteiger partial charge in [0.2, 0.25) is 0 Å². The highest BCUT2D eigenvalue weighted by Gasteiger charge is 2.01. The number of allylic oxidation sites excluding steroid dienone is 1. The molecule has 0 saturated heterocycles. The minimum atomic E-state index is -0.549. The first kappa shape index (κ1) is 10.2. The van der Waals surface area contributed by atoms with Crippen LogP contribution in [0.2, 0.25) is 0 Å². The number of H-pyrrole nitrogens is 2. The van der Waals surface area contributed by atoms with Gasteiger partial charge in [0.15, 0.2) is 5.78 Å². The first-order valence-corrected chi connectivity index (χ1v) is 4.02. The molecule has 1 rings (SSSR count). The summed E-state index contributed by atoms with van der Waals surface area (Å²) in [4.78, 5) is 37.2. The van der Waals surface area contributed by atoms with Crippen LogP contribution in [-0.4, -0.2) is 15.8 Å². The Morgan fingerprint density at radius 2 is 1.93 bits per heavy atom. The van der Waals surface area contributed by atoms with Crippen molar-refractivity contribution in [3.63, 3.8) is 0 Å². The van der Waals surface area contributed by atoms with Crippen molar-refractivity contribution in [1.29, 1.82) is 0 Å². The molecule has 1 aromatic heterocycles. The molecular formula is C9H10N2O3. The van der Waals surface area contributed by atoms with Crippen LogP contribution in [0.4, 0.5) is 0 Å². The predicted octanol–water partition coefficient (Wildman–Crippen LogP) is -0.0262. The van der Waals surface area contributed by atoms with Crippen LogP contribution in [0.15, 0.2) is 15.7 Å². The Labute approximate surface area is 79.5 Å². The van der Waals surface area contributed by atoms with E-state index in [1.54, 1.807) is 6.92 Å². The van der Waals surface area contributed by atoms with Crippen LogP contribution in [0.1, 0.15) is 18.2 Å². The van der Waals surface area contributed by atoms with Gasteiger partial charge in [-0.05, 0) is 26.0 Å². The van der Waals surface area contributed by atoms with Gasteiger partial charge in [-0.25, -0.2) is 4.79 Å². The topological polar surface area (TPSA) is 82.8 Å². The molecular weight excluding hydrogens is 184 g/mol. The predicted molar refractivity (Wildman–Crippen MR) is 52.1 cm³/mol. The molecule has 0 fully saturated rings. The molecule has 5 nitrogen and oxygen atoms in total. The fourth-order valence-electron chi connectivity index (χ4n) is 1.01. The van der Waals surface area contributed by atoms with E-state index in [2.05, 4.69) is 9.97 Å². The van der Waals surface area contributed by atoms with Gasteiger partial charge >= 0.3 is 5.69 Å². The minimum Gasteiger partial charge on any atom is -0.311 e. The van der Waals surface area contributed by atoms with E-state index in [9.17, 15) is 14.4 Å². The summed E-state index contributed by atoms with van der Waals surface area (Å²) in [5.74, 6) is -0.157. The van der Waals surface area contributed by atoms with E-state index in [0.717, 1.165) is 0 Å². The highest BCUT2D eigenvalue weighted by atomic mass is 16.2. The second-order valence-electron chi connectivity index (χ2n) is 2.89. The molecule has 0 aromatic carbocycles. The number of ketones is 1. The summed E-state index contributed by atoms with van der Waals surface area (Å²) < 4.78 is 0. The first-order chi connectivity index (χ1) is 6.50. The molecule has 0 amide bonds. The SMILES string of the molecule is CC(=O)/C=C/c1c(C)[nH]c(=O)[nH]c1=O. The largest absolute Gasteiger partial charge is 0.325 e. The molecule has 0 spiro atoms. The fraction of sp³-hybridized carbons (Fsp3) is 0.222. The highest BCUT2D eigenvalue weighted by molar-refractivity contribution is 5.91. The lowest BCUT2D eigenvalue weighted by atomic mass is 10.2. The van der Waals surface area contributed by atoms with Crippen LogP contribution in [0.5, 0.6) is 0 Å². The van der Waals surface area contributed by atoms with Gasteiger partial charge in [-0.1, -0.05) is 0 Å². The van der Waals surface area contributed by atoms with Gasteiger partial charge < -0.3 is 4.98 Å². The average Bonchev–Trinajstić information content (AvgIpc) is 2.01. The van der Waals surface area contributed by atoms with Crippen molar-refractivity contribution in [3.05, 3.63) is 38.2 Å². The number of hydrogen-bond acceptors (Lipinski definition) is 3. The van der Waals surface area contributed by atoms with E-state index < -0.39 is 11.2 Å². The highest BCUT2D eigenvalue weighted by Crippen LogP contribution is 1.97. The molecule has 0 aliphatic heterocycles. The Balaban J connectivity index is 3.29. The van der Waals surface area contributed by atoms with Crippen molar-refractivity contribution in [2.24, 2.45) is 0 Å². The Morgan fingerprint density at radius 3 is 2.43 bits per heavy atom. The zero-order valence-corrected chi connectivity index (χ0v) is 7.88. The normalized spacial score (nSPS) is 10.7. The molecule has 0 radical (unpaired) electrons. The summed E-state index contributed by atoms with van der Waals surface area (Å²) in [6.45, 7) is 2.97. The fourth-order valence-corrected chi connectivity index (χ4v) is 1.01. The van der Waals surface area contributed by atoms with Crippen molar-refractivity contribution in [2.45, 2.75) is 13.8 Å². The first-order valence-electron chi connectivity index (χ1n) is 4.02. The summed E-state index contributed by atoms with van der Waals surface area (Å²) in [6.07, 6.45) is 2.66. The number of hydrogen-bond donors (Lipinski definition) is 2. The number of rotatable bonds is 2. The van der Waals surface area contributed by atoms with Crippen LogP contribution in [0, 0.1) is 6.92 Å². The molecule has 1 aromatic rings. The summed E-state index contributed by atoms with van der Waals surface area (Å²) in [7, 11) is 0. The van der Waals surface area contributed by atoms with E-state index in [-0.39, 0.29) is 5.78 Å². The van der Waals surface area contributed by atoms with Crippen molar-refractivity contribution in [3.8, 4) is 0 Å². The number of aryl methyl sites for hydroxylation is 1. The van der Waals surface area contributed by atoms with Crippen LogP contribution < -0.4 is 11.2 Å². The number of aromatic amines is 2. The second kappa shape index (κ2) is 3.87. The van der Waals surface area contributed by atoms with Crippen molar-refractivity contribution in [1.82, 2.24) is 9.97 Å². The van der Waals surface area contributed by atoms with E-state index in [1.807, 2.05) is 0 Å². The number of aromatic nitrogens is 2. The molecule has 0 bridgehead atoms. The molecule has 2 N–H and O–H groups in total. The summed E-state index contributed by atoms with van der Waals surface area (Å²) >= 11 is 0. The maximum Gasteiger partial charge on any atom is 0.325 e. The molecule has 74 valence electrons. The van der Waals surface area contributed by atoms with Gasteiger partial charge in [-0.15, -0.1) is 0 Å². The lowest BCUT2D eigenvalue weighted by Gasteiger charge is -1.96. The zero-order valence-electron chi connectivity index (χ0n) is 7.88. The number of carbonyl (C=O) groups is 1.